The first-order valence-electron chi connectivity index (χ1n) is 8.75. The van der Waals surface area contributed by atoms with Crippen molar-refractivity contribution in [3.05, 3.63) is 0 Å². The Labute approximate surface area is 159 Å². The molecule has 0 aromatic heterocycles. The summed E-state index contributed by atoms with van der Waals surface area (Å²) in [7, 11) is 0. The van der Waals surface area contributed by atoms with E-state index in [-0.39, 0.29) is 5.92 Å². The zero-order valence-electron chi connectivity index (χ0n) is 16.2. The van der Waals surface area contributed by atoms with Gasteiger partial charge < -0.3 is 14.6 Å². The third-order valence-corrected chi connectivity index (χ3v) is 4.32. The molecule has 0 saturated heterocycles. The van der Waals surface area contributed by atoms with Gasteiger partial charge in [-0.15, -0.1) is 0 Å². The highest BCUT2D eigenvalue weighted by Crippen LogP contribution is 2.45. The molecule has 0 aromatic rings. The molecule has 0 radical (unpaired) electrons. The second-order valence-corrected chi connectivity index (χ2v) is 7.05. The maximum atomic E-state index is 12.5. The second kappa shape index (κ2) is 9.80. The molecule has 28 heavy (non-hydrogen) atoms. The lowest BCUT2D eigenvalue weighted by Gasteiger charge is -2.34. The van der Waals surface area contributed by atoms with Gasteiger partial charge in [0.15, 0.2) is 6.61 Å². The van der Waals surface area contributed by atoms with Gasteiger partial charge in [-0.1, -0.05) is 26.7 Å². The third-order valence-electron chi connectivity index (χ3n) is 4.32. The predicted octanol–water partition coefficient (Wildman–Crippen LogP) is 4.31. The molecule has 11 heteroatoms. The zero-order chi connectivity index (χ0) is 22.4. The van der Waals surface area contributed by atoms with Gasteiger partial charge in [0.2, 0.25) is 0 Å². The Kier molecular flexibility index (Phi) is 9.26. The first kappa shape index (κ1) is 26.5. The van der Waals surface area contributed by atoms with E-state index in [9.17, 15) is 35.9 Å². The highest BCUT2D eigenvalue weighted by atomic mass is 19.4. The van der Waals surface area contributed by atoms with Crippen molar-refractivity contribution in [1.82, 2.24) is 0 Å². The van der Waals surface area contributed by atoms with Crippen molar-refractivity contribution in [2.75, 3.05) is 6.61 Å². The van der Waals surface area contributed by atoms with Crippen molar-refractivity contribution in [2.24, 2.45) is 5.92 Å². The van der Waals surface area contributed by atoms with E-state index >= 15 is 0 Å². The number of alkyl halides is 6. The molecule has 0 saturated carbocycles. The fourth-order valence-corrected chi connectivity index (χ4v) is 2.70. The van der Waals surface area contributed by atoms with Gasteiger partial charge in [-0.05, 0) is 32.6 Å². The summed E-state index contributed by atoms with van der Waals surface area (Å²) < 4.78 is 84.6. The molecular weight excluding hydrogens is 398 g/mol. The van der Waals surface area contributed by atoms with Crippen LogP contribution in [0.5, 0.6) is 0 Å². The van der Waals surface area contributed by atoms with Crippen LogP contribution in [-0.4, -0.2) is 47.2 Å². The van der Waals surface area contributed by atoms with Gasteiger partial charge in [-0.3, -0.25) is 4.79 Å². The average Bonchev–Trinajstić information content (AvgIpc) is 2.50. The number of hydrogen-bond acceptors (Lipinski definition) is 5. The van der Waals surface area contributed by atoms with E-state index in [0.717, 1.165) is 25.7 Å². The molecule has 0 rings (SSSR count). The minimum Gasteiger partial charge on any atom is -0.457 e. The Balaban J connectivity index is 4.92. The van der Waals surface area contributed by atoms with Gasteiger partial charge in [-0.2, -0.15) is 26.3 Å². The van der Waals surface area contributed by atoms with Crippen LogP contribution in [0.15, 0.2) is 0 Å². The number of halogens is 6. The van der Waals surface area contributed by atoms with Gasteiger partial charge in [0, 0.05) is 0 Å². The molecule has 0 amide bonds. The van der Waals surface area contributed by atoms with E-state index in [2.05, 4.69) is 4.74 Å². The van der Waals surface area contributed by atoms with Crippen LogP contribution in [0.2, 0.25) is 0 Å². The topological polar surface area (TPSA) is 72.8 Å². The lowest BCUT2D eigenvalue weighted by Crippen LogP contribution is -2.58. The summed E-state index contributed by atoms with van der Waals surface area (Å²) >= 11 is 0. The third kappa shape index (κ3) is 7.14. The van der Waals surface area contributed by atoms with Crippen molar-refractivity contribution in [3.8, 4) is 0 Å². The molecule has 0 fully saturated rings. The number of carbonyl (C=O) groups excluding carboxylic acids is 2. The van der Waals surface area contributed by atoms with Crippen molar-refractivity contribution in [3.63, 3.8) is 0 Å². The molecule has 0 heterocycles. The Morgan fingerprint density at radius 3 is 1.68 bits per heavy atom. The molecule has 166 valence electrons. The highest BCUT2D eigenvalue weighted by Gasteiger charge is 2.71. The lowest BCUT2D eigenvalue weighted by molar-refractivity contribution is -0.368. The molecular formula is C17H26F6O5. The molecule has 1 N–H and O–H groups in total. The van der Waals surface area contributed by atoms with Crippen molar-refractivity contribution >= 4 is 11.9 Å². The van der Waals surface area contributed by atoms with Gasteiger partial charge in [0.05, 0.1) is 6.42 Å². The molecule has 0 aliphatic rings. The monoisotopic (exact) mass is 424 g/mol. The van der Waals surface area contributed by atoms with Gasteiger partial charge >= 0.3 is 24.3 Å². The number of aliphatic hydroxyl groups is 1. The number of rotatable bonds is 10. The summed E-state index contributed by atoms with van der Waals surface area (Å²) in [5.74, 6) is -3.17. The Bertz CT molecular complexity index is 507. The highest BCUT2D eigenvalue weighted by molar-refractivity contribution is 5.77. The molecule has 0 aliphatic carbocycles. The number of ether oxygens (including phenoxy) is 2. The summed E-state index contributed by atoms with van der Waals surface area (Å²) in [6.45, 7) is 5.94. The standard InChI is InChI=1S/C17H26F6O5/c1-5-7-11(8-6-2)14(3,4)28-13(25)10-27-12(24)9-15(26,16(18,19)20)17(21,22)23/h11,26H,5-10H2,1-4H3. The largest absolute Gasteiger partial charge is 0.457 e. The van der Waals surface area contributed by atoms with E-state index in [4.69, 9.17) is 9.84 Å². The fraction of sp³-hybridized carbons (Fsp3) is 0.882. The normalized spacial score (nSPS) is 13.6. The van der Waals surface area contributed by atoms with Gasteiger partial charge in [-0.25, -0.2) is 4.79 Å². The van der Waals surface area contributed by atoms with Crippen LogP contribution >= 0.6 is 0 Å². The minimum absolute atomic E-state index is 0.0253. The van der Waals surface area contributed by atoms with Crippen LogP contribution in [0.25, 0.3) is 0 Å². The molecule has 0 bridgehead atoms. The maximum absolute atomic E-state index is 12.5. The maximum Gasteiger partial charge on any atom is 0.426 e. The second-order valence-electron chi connectivity index (χ2n) is 7.05. The first-order chi connectivity index (χ1) is 12.5. The van der Waals surface area contributed by atoms with Gasteiger partial charge in [0.1, 0.15) is 5.60 Å². The summed E-state index contributed by atoms with van der Waals surface area (Å²) in [5, 5.41) is 8.93. The number of hydrogen-bond donors (Lipinski definition) is 1. The smallest absolute Gasteiger partial charge is 0.426 e. The van der Waals surface area contributed by atoms with E-state index < -0.39 is 48.5 Å². The average molecular weight is 424 g/mol. The van der Waals surface area contributed by atoms with Crippen molar-refractivity contribution < 1.29 is 50.5 Å². The molecule has 0 spiro atoms. The van der Waals surface area contributed by atoms with E-state index in [1.807, 2.05) is 13.8 Å². The quantitative estimate of drug-likeness (QED) is 0.418. The van der Waals surface area contributed by atoms with Crippen molar-refractivity contribution in [2.45, 2.75) is 83.4 Å². The van der Waals surface area contributed by atoms with Gasteiger partial charge in [0.25, 0.3) is 5.60 Å². The van der Waals surface area contributed by atoms with Crippen LogP contribution < -0.4 is 0 Å². The van der Waals surface area contributed by atoms with Crippen LogP contribution in [0.4, 0.5) is 26.3 Å². The summed E-state index contributed by atoms with van der Waals surface area (Å²) in [5.41, 5.74) is -6.23. The Morgan fingerprint density at radius 1 is 0.893 bits per heavy atom. The molecule has 5 nitrogen and oxygen atoms in total. The molecule has 0 atom stereocenters. The van der Waals surface area contributed by atoms with E-state index in [1.54, 1.807) is 13.8 Å². The lowest BCUT2D eigenvalue weighted by atomic mass is 9.83. The zero-order valence-corrected chi connectivity index (χ0v) is 16.2. The van der Waals surface area contributed by atoms with Crippen LogP contribution in [0.1, 0.15) is 59.8 Å². The number of carbonyl (C=O) groups is 2. The summed E-state index contributed by atoms with van der Waals surface area (Å²) in [6, 6.07) is 0. The SMILES string of the molecule is CCCC(CCC)C(C)(C)OC(=O)COC(=O)CC(O)(C(F)(F)F)C(F)(F)F. The molecule has 0 aromatic carbocycles. The van der Waals surface area contributed by atoms with Crippen molar-refractivity contribution in [1.29, 1.82) is 0 Å². The van der Waals surface area contributed by atoms with E-state index in [0.29, 0.717) is 0 Å². The molecule has 0 unspecified atom stereocenters. The Morgan fingerprint density at radius 2 is 1.32 bits per heavy atom. The van der Waals surface area contributed by atoms with Crippen LogP contribution in [-0.2, 0) is 19.1 Å². The first-order valence-corrected chi connectivity index (χ1v) is 8.75. The fourth-order valence-electron chi connectivity index (χ4n) is 2.70. The van der Waals surface area contributed by atoms with E-state index in [1.165, 1.54) is 0 Å². The minimum atomic E-state index is -6.15. The van der Waals surface area contributed by atoms with Crippen LogP contribution in [0, 0.1) is 5.92 Å². The Hall–Kier alpha value is -1.52. The molecule has 0 aliphatic heterocycles. The van der Waals surface area contributed by atoms with Crippen LogP contribution in [0.3, 0.4) is 0 Å². The predicted molar refractivity (Wildman–Crippen MR) is 86.1 cm³/mol. The summed E-state index contributed by atoms with van der Waals surface area (Å²) in [6.07, 6.45) is -11.6. The number of esters is 2. The summed E-state index contributed by atoms with van der Waals surface area (Å²) in [4.78, 5) is 23.2.